The Morgan fingerprint density at radius 3 is 2.76 bits per heavy atom. The first-order chi connectivity index (χ1) is 10.2. The summed E-state index contributed by atoms with van der Waals surface area (Å²) in [6.07, 6.45) is 2.73. The van der Waals surface area contributed by atoms with Gasteiger partial charge in [0.15, 0.2) is 0 Å². The van der Waals surface area contributed by atoms with Crippen molar-refractivity contribution >= 4 is 11.6 Å². The number of anilines is 1. The van der Waals surface area contributed by atoms with Crippen molar-refractivity contribution in [3.05, 3.63) is 29.8 Å². The summed E-state index contributed by atoms with van der Waals surface area (Å²) >= 11 is 0. The lowest BCUT2D eigenvalue weighted by Gasteiger charge is -2.23. The van der Waals surface area contributed by atoms with Crippen LogP contribution in [0.1, 0.15) is 44.7 Å². The van der Waals surface area contributed by atoms with Crippen molar-refractivity contribution in [1.82, 2.24) is 5.32 Å². The summed E-state index contributed by atoms with van der Waals surface area (Å²) in [5.74, 6) is 0.194. The van der Waals surface area contributed by atoms with Crippen LogP contribution in [0.25, 0.3) is 0 Å². The van der Waals surface area contributed by atoms with Gasteiger partial charge < -0.3 is 15.4 Å². The maximum absolute atomic E-state index is 12.4. The Morgan fingerprint density at radius 2 is 2.05 bits per heavy atom. The van der Waals surface area contributed by atoms with Crippen molar-refractivity contribution in [2.75, 3.05) is 25.1 Å². The highest BCUT2D eigenvalue weighted by Gasteiger charge is 2.22. The molecule has 21 heavy (non-hydrogen) atoms. The summed E-state index contributed by atoms with van der Waals surface area (Å²) < 4.78 is 5.32. The molecule has 1 fully saturated rings. The predicted molar refractivity (Wildman–Crippen MR) is 85.3 cm³/mol. The number of hydrogen-bond donors (Lipinski definition) is 2. The average molecular weight is 290 g/mol. The van der Waals surface area contributed by atoms with Gasteiger partial charge in [-0.25, -0.2) is 0 Å². The molecule has 1 aromatic rings. The summed E-state index contributed by atoms with van der Waals surface area (Å²) in [4.78, 5) is 12.4. The molecule has 0 bridgehead atoms. The molecule has 1 atom stereocenters. The van der Waals surface area contributed by atoms with Gasteiger partial charge in [-0.2, -0.15) is 0 Å². The van der Waals surface area contributed by atoms with Crippen LogP contribution < -0.4 is 10.6 Å². The van der Waals surface area contributed by atoms with E-state index in [1.165, 1.54) is 0 Å². The summed E-state index contributed by atoms with van der Waals surface area (Å²) in [5, 5.41) is 6.57. The van der Waals surface area contributed by atoms with E-state index in [0.29, 0.717) is 13.2 Å². The third-order valence-corrected chi connectivity index (χ3v) is 3.98. The van der Waals surface area contributed by atoms with Gasteiger partial charge in [0.1, 0.15) is 0 Å². The van der Waals surface area contributed by atoms with E-state index in [9.17, 15) is 4.79 Å². The summed E-state index contributed by atoms with van der Waals surface area (Å²) in [7, 11) is 0. The number of ether oxygens (including phenoxy) is 1. The number of para-hydroxylation sites is 1. The molecule has 1 aliphatic rings. The fourth-order valence-corrected chi connectivity index (χ4v) is 2.65. The smallest absolute Gasteiger partial charge is 0.227 e. The second-order valence-corrected chi connectivity index (χ2v) is 5.64. The molecule has 116 valence electrons. The van der Waals surface area contributed by atoms with Gasteiger partial charge in [0.2, 0.25) is 5.91 Å². The molecule has 0 aliphatic carbocycles. The standard InChI is InChI=1S/C17H26N2O2/c1-3-10-18-13(2)15-6-4-5-7-16(15)19-17(20)14-8-11-21-12-9-14/h4-7,13-14,18H,3,8-12H2,1-2H3,(H,19,20). The maximum Gasteiger partial charge on any atom is 0.227 e. The largest absolute Gasteiger partial charge is 0.381 e. The normalized spacial score (nSPS) is 17.4. The number of carbonyl (C=O) groups is 1. The van der Waals surface area contributed by atoms with Gasteiger partial charge in [-0.1, -0.05) is 25.1 Å². The van der Waals surface area contributed by atoms with E-state index in [4.69, 9.17) is 4.74 Å². The molecule has 1 saturated heterocycles. The van der Waals surface area contributed by atoms with Gasteiger partial charge in [-0.3, -0.25) is 4.79 Å². The van der Waals surface area contributed by atoms with Gasteiger partial charge >= 0.3 is 0 Å². The van der Waals surface area contributed by atoms with E-state index in [0.717, 1.165) is 37.1 Å². The van der Waals surface area contributed by atoms with E-state index >= 15 is 0 Å². The predicted octanol–water partition coefficient (Wildman–Crippen LogP) is 3.11. The fraction of sp³-hybridized carbons (Fsp3) is 0.588. The van der Waals surface area contributed by atoms with Crippen molar-refractivity contribution in [1.29, 1.82) is 0 Å². The summed E-state index contributed by atoms with van der Waals surface area (Å²) in [6.45, 7) is 6.64. The maximum atomic E-state index is 12.4. The van der Waals surface area contributed by atoms with Crippen molar-refractivity contribution in [2.24, 2.45) is 5.92 Å². The number of nitrogens with one attached hydrogen (secondary N) is 2. The second-order valence-electron chi connectivity index (χ2n) is 5.64. The lowest BCUT2D eigenvalue weighted by molar-refractivity contribution is -0.122. The SMILES string of the molecule is CCCNC(C)c1ccccc1NC(=O)C1CCOCC1. The first-order valence-corrected chi connectivity index (χ1v) is 7.93. The molecule has 1 aromatic carbocycles. The number of benzene rings is 1. The fourth-order valence-electron chi connectivity index (χ4n) is 2.65. The zero-order chi connectivity index (χ0) is 15.1. The van der Waals surface area contributed by atoms with Crippen LogP contribution in [0.5, 0.6) is 0 Å². The van der Waals surface area contributed by atoms with Crippen molar-refractivity contribution in [3.8, 4) is 0 Å². The van der Waals surface area contributed by atoms with Crippen LogP contribution >= 0.6 is 0 Å². The van der Waals surface area contributed by atoms with Crippen molar-refractivity contribution in [3.63, 3.8) is 0 Å². The number of hydrogen-bond acceptors (Lipinski definition) is 3. The van der Waals surface area contributed by atoms with E-state index in [1.807, 2.05) is 18.2 Å². The minimum Gasteiger partial charge on any atom is -0.381 e. The topological polar surface area (TPSA) is 50.4 Å². The van der Waals surface area contributed by atoms with Crippen molar-refractivity contribution < 1.29 is 9.53 Å². The first kappa shape index (κ1) is 16.0. The Labute approximate surface area is 127 Å². The number of amides is 1. The molecule has 0 spiro atoms. The van der Waals surface area contributed by atoms with Crippen LogP contribution in [-0.2, 0) is 9.53 Å². The molecule has 0 aromatic heterocycles. The van der Waals surface area contributed by atoms with Gasteiger partial charge in [0, 0.05) is 30.9 Å². The highest BCUT2D eigenvalue weighted by Crippen LogP contribution is 2.24. The van der Waals surface area contributed by atoms with E-state index in [-0.39, 0.29) is 17.9 Å². The minimum absolute atomic E-state index is 0.0747. The van der Waals surface area contributed by atoms with Crippen LogP contribution in [0, 0.1) is 5.92 Å². The summed E-state index contributed by atoms with van der Waals surface area (Å²) in [5.41, 5.74) is 2.07. The monoisotopic (exact) mass is 290 g/mol. The van der Waals surface area contributed by atoms with Crippen LogP contribution in [0.2, 0.25) is 0 Å². The molecular formula is C17H26N2O2. The Bertz CT molecular complexity index is 456. The third-order valence-electron chi connectivity index (χ3n) is 3.98. The van der Waals surface area contributed by atoms with E-state index in [1.54, 1.807) is 0 Å². The first-order valence-electron chi connectivity index (χ1n) is 7.93. The van der Waals surface area contributed by atoms with Gasteiger partial charge in [0.05, 0.1) is 0 Å². The molecule has 1 aliphatic heterocycles. The Morgan fingerprint density at radius 1 is 1.33 bits per heavy atom. The molecular weight excluding hydrogens is 264 g/mol. The highest BCUT2D eigenvalue weighted by molar-refractivity contribution is 5.93. The molecule has 1 heterocycles. The molecule has 0 radical (unpaired) electrons. The zero-order valence-corrected chi connectivity index (χ0v) is 13.0. The van der Waals surface area contributed by atoms with Crippen molar-refractivity contribution in [2.45, 2.75) is 39.2 Å². The Balaban J connectivity index is 2.03. The molecule has 2 N–H and O–H groups in total. The Kier molecular flexibility index (Phi) is 6.21. The zero-order valence-electron chi connectivity index (χ0n) is 13.0. The molecule has 2 rings (SSSR count). The number of rotatable bonds is 6. The Hall–Kier alpha value is -1.39. The lowest BCUT2D eigenvalue weighted by atomic mass is 9.98. The van der Waals surface area contributed by atoms with Gasteiger partial charge in [0.25, 0.3) is 0 Å². The van der Waals surface area contributed by atoms with Gasteiger partial charge in [-0.05, 0) is 44.4 Å². The molecule has 1 unspecified atom stereocenters. The molecule has 0 saturated carbocycles. The van der Waals surface area contributed by atoms with E-state index in [2.05, 4.69) is 30.5 Å². The van der Waals surface area contributed by atoms with Gasteiger partial charge in [-0.15, -0.1) is 0 Å². The average Bonchev–Trinajstić information content (AvgIpc) is 2.54. The number of carbonyl (C=O) groups excluding carboxylic acids is 1. The second kappa shape index (κ2) is 8.15. The van der Waals surface area contributed by atoms with Crippen LogP contribution in [-0.4, -0.2) is 25.7 Å². The lowest BCUT2D eigenvalue weighted by Crippen LogP contribution is -2.29. The van der Waals surface area contributed by atoms with Crippen LogP contribution in [0.15, 0.2) is 24.3 Å². The third kappa shape index (κ3) is 4.55. The van der Waals surface area contributed by atoms with E-state index < -0.39 is 0 Å². The summed E-state index contributed by atoms with van der Waals surface area (Å²) in [6, 6.07) is 8.28. The molecule has 4 nitrogen and oxygen atoms in total. The quantitative estimate of drug-likeness (QED) is 0.846. The molecule has 1 amide bonds. The minimum atomic E-state index is 0.0747. The molecule has 4 heteroatoms. The highest BCUT2D eigenvalue weighted by atomic mass is 16.5. The van der Waals surface area contributed by atoms with Crippen LogP contribution in [0.3, 0.4) is 0 Å². The van der Waals surface area contributed by atoms with Crippen LogP contribution in [0.4, 0.5) is 5.69 Å².